The third-order valence-corrected chi connectivity index (χ3v) is 2.26. The van der Waals surface area contributed by atoms with Crippen molar-refractivity contribution in [3.05, 3.63) is 29.3 Å². The van der Waals surface area contributed by atoms with E-state index in [1.54, 1.807) is 13.2 Å². The Morgan fingerprint density at radius 2 is 2.21 bits per heavy atom. The van der Waals surface area contributed by atoms with Crippen LogP contribution in [0.3, 0.4) is 0 Å². The fraction of sp³-hybridized carbons (Fsp3) is 0.417. The molecule has 1 aromatic rings. The second-order valence-corrected chi connectivity index (χ2v) is 3.26. The average molecular weight is 192 g/mol. The summed E-state index contributed by atoms with van der Waals surface area (Å²) in [6.07, 6.45) is 4.09. The highest BCUT2D eigenvalue weighted by molar-refractivity contribution is 5.80. The van der Waals surface area contributed by atoms with Crippen molar-refractivity contribution in [2.75, 3.05) is 7.11 Å². The molecule has 0 heterocycles. The first kappa shape index (κ1) is 10.8. The molecule has 1 aromatic carbocycles. The van der Waals surface area contributed by atoms with E-state index in [1.807, 2.05) is 12.1 Å². The highest BCUT2D eigenvalue weighted by atomic mass is 16.5. The second-order valence-electron chi connectivity index (χ2n) is 3.26. The average Bonchev–Trinajstić information content (AvgIpc) is 2.25. The van der Waals surface area contributed by atoms with Crippen molar-refractivity contribution < 1.29 is 9.53 Å². The molecule has 0 bridgehead atoms. The fourth-order valence-corrected chi connectivity index (χ4v) is 1.51. The molecule has 0 aliphatic rings. The number of aldehydes is 1. The van der Waals surface area contributed by atoms with Gasteiger partial charge in [-0.15, -0.1) is 0 Å². The first-order valence-corrected chi connectivity index (χ1v) is 4.94. The van der Waals surface area contributed by atoms with E-state index in [0.717, 1.165) is 36.9 Å². The van der Waals surface area contributed by atoms with Gasteiger partial charge in [-0.05, 0) is 24.5 Å². The van der Waals surface area contributed by atoms with Crippen molar-refractivity contribution in [1.82, 2.24) is 0 Å². The summed E-state index contributed by atoms with van der Waals surface area (Å²) in [5.41, 5.74) is 1.76. The van der Waals surface area contributed by atoms with Gasteiger partial charge in [0.25, 0.3) is 0 Å². The van der Waals surface area contributed by atoms with Crippen LogP contribution in [0.1, 0.15) is 35.7 Å². The zero-order chi connectivity index (χ0) is 10.4. The minimum Gasteiger partial charge on any atom is -0.496 e. The Balaban J connectivity index is 2.96. The Labute approximate surface area is 84.9 Å². The van der Waals surface area contributed by atoms with E-state index in [4.69, 9.17) is 4.74 Å². The number of ether oxygens (including phenoxy) is 1. The van der Waals surface area contributed by atoms with E-state index >= 15 is 0 Å². The molecule has 0 unspecified atom stereocenters. The van der Waals surface area contributed by atoms with Crippen molar-refractivity contribution in [3.8, 4) is 5.75 Å². The molecular formula is C12H16O2. The van der Waals surface area contributed by atoms with Crippen LogP contribution in [0.4, 0.5) is 0 Å². The number of hydrogen-bond donors (Lipinski definition) is 0. The molecule has 0 aliphatic heterocycles. The number of para-hydroxylation sites is 1. The third-order valence-electron chi connectivity index (χ3n) is 2.26. The Kier molecular flexibility index (Phi) is 4.17. The molecule has 1 rings (SSSR count). The summed E-state index contributed by atoms with van der Waals surface area (Å²) >= 11 is 0. The highest BCUT2D eigenvalue weighted by Gasteiger charge is 2.06. The molecule has 0 N–H and O–H groups in total. The minimum atomic E-state index is 0.640. The van der Waals surface area contributed by atoms with Crippen LogP contribution in [0.2, 0.25) is 0 Å². The highest BCUT2D eigenvalue weighted by Crippen LogP contribution is 2.23. The van der Waals surface area contributed by atoms with Crippen molar-refractivity contribution >= 4 is 6.29 Å². The fourth-order valence-electron chi connectivity index (χ4n) is 1.51. The lowest BCUT2D eigenvalue weighted by Gasteiger charge is -2.09. The van der Waals surface area contributed by atoms with E-state index in [9.17, 15) is 4.79 Å². The van der Waals surface area contributed by atoms with Gasteiger partial charge in [0.2, 0.25) is 0 Å². The molecular weight excluding hydrogens is 176 g/mol. The SMILES string of the molecule is CCCCc1cccc(C=O)c1OC. The summed E-state index contributed by atoms with van der Waals surface area (Å²) in [5, 5.41) is 0. The maximum absolute atomic E-state index is 10.7. The summed E-state index contributed by atoms with van der Waals surface area (Å²) in [6, 6.07) is 5.69. The van der Waals surface area contributed by atoms with Gasteiger partial charge in [0.15, 0.2) is 6.29 Å². The zero-order valence-electron chi connectivity index (χ0n) is 8.75. The molecule has 0 saturated carbocycles. The van der Waals surface area contributed by atoms with Crippen LogP contribution in [0, 0.1) is 0 Å². The molecule has 0 aliphatic carbocycles. The van der Waals surface area contributed by atoms with Gasteiger partial charge in [0, 0.05) is 0 Å². The van der Waals surface area contributed by atoms with E-state index in [-0.39, 0.29) is 0 Å². The summed E-state index contributed by atoms with van der Waals surface area (Å²) in [6.45, 7) is 2.15. The molecule has 76 valence electrons. The number of unbranched alkanes of at least 4 members (excludes halogenated alkanes) is 1. The van der Waals surface area contributed by atoms with Gasteiger partial charge in [0.05, 0.1) is 12.7 Å². The molecule has 2 heteroatoms. The molecule has 0 fully saturated rings. The maximum atomic E-state index is 10.7. The van der Waals surface area contributed by atoms with Crippen LogP contribution in [-0.4, -0.2) is 13.4 Å². The third kappa shape index (κ3) is 2.34. The van der Waals surface area contributed by atoms with Crippen molar-refractivity contribution in [1.29, 1.82) is 0 Å². The lowest BCUT2D eigenvalue weighted by atomic mass is 10.0. The van der Waals surface area contributed by atoms with Crippen LogP contribution in [0.25, 0.3) is 0 Å². The normalized spacial score (nSPS) is 9.86. The van der Waals surface area contributed by atoms with Crippen LogP contribution in [0.15, 0.2) is 18.2 Å². The van der Waals surface area contributed by atoms with Gasteiger partial charge in [-0.3, -0.25) is 4.79 Å². The van der Waals surface area contributed by atoms with Crippen LogP contribution < -0.4 is 4.74 Å². The van der Waals surface area contributed by atoms with Gasteiger partial charge in [-0.25, -0.2) is 0 Å². The van der Waals surface area contributed by atoms with Crippen LogP contribution >= 0.6 is 0 Å². The lowest BCUT2D eigenvalue weighted by Crippen LogP contribution is -1.96. The molecule has 0 atom stereocenters. The number of carbonyl (C=O) groups is 1. The minimum absolute atomic E-state index is 0.640. The van der Waals surface area contributed by atoms with Crippen LogP contribution in [-0.2, 0) is 6.42 Å². The number of methoxy groups -OCH3 is 1. The first-order chi connectivity index (χ1) is 6.83. The largest absolute Gasteiger partial charge is 0.496 e. The molecule has 14 heavy (non-hydrogen) atoms. The molecule has 0 spiro atoms. The summed E-state index contributed by atoms with van der Waals surface area (Å²) < 4.78 is 5.23. The monoisotopic (exact) mass is 192 g/mol. The van der Waals surface area contributed by atoms with Gasteiger partial charge in [0.1, 0.15) is 5.75 Å². The molecule has 0 amide bonds. The van der Waals surface area contributed by atoms with E-state index in [1.165, 1.54) is 0 Å². The number of carbonyl (C=O) groups excluding carboxylic acids is 1. The Bertz CT molecular complexity index is 305. The quantitative estimate of drug-likeness (QED) is 0.670. The van der Waals surface area contributed by atoms with E-state index in [2.05, 4.69) is 6.92 Å². The number of hydrogen-bond acceptors (Lipinski definition) is 2. The van der Waals surface area contributed by atoms with Gasteiger partial charge < -0.3 is 4.74 Å². The molecule has 0 saturated heterocycles. The van der Waals surface area contributed by atoms with E-state index in [0.29, 0.717) is 5.56 Å². The standard InChI is InChI=1S/C12H16O2/c1-3-4-6-10-7-5-8-11(9-13)12(10)14-2/h5,7-9H,3-4,6H2,1-2H3. The van der Waals surface area contributed by atoms with Gasteiger partial charge >= 0.3 is 0 Å². The summed E-state index contributed by atoms with van der Waals surface area (Å²) in [4.78, 5) is 10.7. The predicted molar refractivity (Wildman–Crippen MR) is 57.0 cm³/mol. The number of benzene rings is 1. The van der Waals surface area contributed by atoms with Gasteiger partial charge in [-0.1, -0.05) is 25.5 Å². The molecule has 0 aromatic heterocycles. The topological polar surface area (TPSA) is 26.3 Å². The Hall–Kier alpha value is -1.31. The Morgan fingerprint density at radius 3 is 2.79 bits per heavy atom. The summed E-state index contributed by atoms with van der Waals surface area (Å²) in [7, 11) is 1.61. The summed E-state index contributed by atoms with van der Waals surface area (Å²) in [5.74, 6) is 0.732. The van der Waals surface area contributed by atoms with Crippen LogP contribution in [0.5, 0.6) is 5.75 Å². The maximum Gasteiger partial charge on any atom is 0.153 e. The molecule has 2 nitrogen and oxygen atoms in total. The number of aryl methyl sites for hydroxylation is 1. The number of rotatable bonds is 5. The first-order valence-electron chi connectivity index (χ1n) is 4.94. The smallest absolute Gasteiger partial charge is 0.153 e. The van der Waals surface area contributed by atoms with Gasteiger partial charge in [-0.2, -0.15) is 0 Å². The Morgan fingerprint density at radius 1 is 1.43 bits per heavy atom. The van der Waals surface area contributed by atoms with Crippen molar-refractivity contribution in [2.45, 2.75) is 26.2 Å². The lowest BCUT2D eigenvalue weighted by molar-refractivity contribution is 0.112. The molecule has 0 radical (unpaired) electrons. The zero-order valence-corrected chi connectivity index (χ0v) is 8.75. The van der Waals surface area contributed by atoms with E-state index < -0.39 is 0 Å². The van der Waals surface area contributed by atoms with Crippen molar-refractivity contribution in [3.63, 3.8) is 0 Å². The van der Waals surface area contributed by atoms with Crippen molar-refractivity contribution in [2.24, 2.45) is 0 Å². The second kappa shape index (κ2) is 5.43. The predicted octanol–water partition coefficient (Wildman–Crippen LogP) is 2.85.